The molecule has 2 rings (SSSR count). The summed E-state index contributed by atoms with van der Waals surface area (Å²) in [5, 5.41) is 3.08. The van der Waals surface area contributed by atoms with Crippen LogP contribution in [0, 0.1) is 0 Å². The zero-order valence-corrected chi connectivity index (χ0v) is 14.1. The van der Waals surface area contributed by atoms with Crippen molar-refractivity contribution in [3.63, 3.8) is 0 Å². The van der Waals surface area contributed by atoms with Gasteiger partial charge in [-0.15, -0.1) is 0 Å². The van der Waals surface area contributed by atoms with Crippen LogP contribution in [-0.4, -0.2) is 16.5 Å². The van der Waals surface area contributed by atoms with Crippen molar-refractivity contribution in [3.8, 4) is 0 Å². The molecule has 0 spiro atoms. The molecule has 0 radical (unpaired) electrons. The van der Waals surface area contributed by atoms with E-state index in [0.29, 0.717) is 5.69 Å². The predicted molar refractivity (Wildman–Crippen MR) is 89.5 cm³/mol. The van der Waals surface area contributed by atoms with Crippen LogP contribution in [0.15, 0.2) is 47.1 Å². The van der Waals surface area contributed by atoms with Gasteiger partial charge in [0.05, 0.1) is 0 Å². The Kier molecular flexibility index (Phi) is 5.62. The van der Waals surface area contributed by atoms with Crippen molar-refractivity contribution >= 4 is 21.8 Å². The molecule has 0 fully saturated rings. The van der Waals surface area contributed by atoms with Gasteiger partial charge in [0.15, 0.2) is 0 Å². The zero-order chi connectivity index (χ0) is 15.2. The Hall–Kier alpha value is -1.55. The van der Waals surface area contributed by atoms with E-state index in [2.05, 4.69) is 40.3 Å². The molecule has 0 saturated heterocycles. The molecular weight excluding hydrogens is 328 g/mol. The molecule has 1 aromatic carbocycles. The highest BCUT2D eigenvalue weighted by Crippen LogP contribution is 2.16. The van der Waals surface area contributed by atoms with Crippen LogP contribution >= 0.6 is 15.9 Å². The van der Waals surface area contributed by atoms with Gasteiger partial charge in [0.25, 0.3) is 5.91 Å². The fraction of sp³-hybridized carbons (Fsp3) is 0.353. The molecule has 1 heterocycles. The lowest BCUT2D eigenvalue weighted by molar-refractivity contribution is 0.0930. The number of hydrogen-bond donors (Lipinski definition) is 1. The first-order valence-electron chi connectivity index (χ1n) is 7.30. The summed E-state index contributed by atoms with van der Waals surface area (Å²) in [6, 6.07) is 12.2. The molecule has 0 saturated carbocycles. The summed E-state index contributed by atoms with van der Waals surface area (Å²) < 4.78 is 2.94. The quantitative estimate of drug-likeness (QED) is 0.840. The van der Waals surface area contributed by atoms with Crippen molar-refractivity contribution in [3.05, 3.63) is 58.3 Å². The lowest BCUT2D eigenvalue weighted by atomic mass is 10.1. The number of nitrogens with one attached hydrogen (secondary N) is 1. The number of amides is 1. The van der Waals surface area contributed by atoms with Crippen LogP contribution in [0.5, 0.6) is 0 Å². The van der Waals surface area contributed by atoms with Crippen molar-refractivity contribution in [1.29, 1.82) is 0 Å². The van der Waals surface area contributed by atoms with E-state index < -0.39 is 0 Å². The van der Waals surface area contributed by atoms with Crippen LogP contribution in [-0.2, 0) is 13.0 Å². The van der Waals surface area contributed by atoms with Gasteiger partial charge in [0, 0.05) is 23.3 Å². The summed E-state index contributed by atoms with van der Waals surface area (Å²) in [4.78, 5) is 12.4. The molecule has 2 aromatic rings. The Morgan fingerprint density at radius 2 is 2.05 bits per heavy atom. The van der Waals surface area contributed by atoms with E-state index in [-0.39, 0.29) is 11.9 Å². The Morgan fingerprint density at radius 1 is 1.33 bits per heavy atom. The largest absolute Gasteiger partial charge is 0.348 e. The fourth-order valence-corrected chi connectivity index (χ4v) is 2.87. The Bertz CT molecular complexity index is 592. The van der Waals surface area contributed by atoms with Gasteiger partial charge in [0.2, 0.25) is 0 Å². The molecule has 4 heteroatoms. The third kappa shape index (κ3) is 4.46. The maximum absolute atomic E-state index is 12.4. The van der Waals surface area contributed by atoms with Crippen LogP contribution in [0.1, 0.15) is 36.3 Å². The predicted octanol–water partition coefficient (Wildman–Crippen LogP) is 4.02. The van der Waals surface area contributed by atoms with Crippen LogP contribution in [0.4, 0.5) is 0 Å². The van der Waals surface area contributed by atoms with Crippen LogP contribution in [0.25, 0.3) is 0 Å². The molecule has 0 bridgehead atoms. The molecule has 1 amide bonds. The Morgan fingerprint density at radius 3 is 2.71 bits per heavy atom. The van der Waals surface area contributed by atoms with Crippen LogP contribution in [0.2, 0.25) is 0 Å². The zero-order valence-electron chi connectivity index (χ0n) is 12.5. The topological polar surface area (TPSA) is 34.0 Å². The minimum atomic E-state index is -0.0161. The summed E-state index contributed by atoms with van der Waals surface area (Å²) in [5.74, 6) is -0.0161. The van der Waals surface area contributed by atoms with E-state index in [1.165, 1.54) is 5.56 Å². The normalized spacial score (nSPS) is 12.1. The van der Waals surface area contributed by atoms with E-state index in [9.17, 15) is 4.79 Å². The highest BCUT2D eigenvalue weighted by atomic mass is 79.9. The number of halogens is 1. The number of rotatable bonds is 6. The second kappa shape index (κ2) is 7.46. The van der Waals surface area contributed by atoms with E-state index in [1.807, 2.05) is 42.0 Å². The van der Waals surface area contributed by atoms with E-state index >= 15 is 0 Å². The number of hydrogen-bond acceptors (Lipinski definition) is 1. The lowest BCUT2D eigenvalue weighted by Crippen LogP contribution is -2.35. The number of carbonyl (C=O) groups excluding carboxylic acids is 1. The van der Waals surface area contributed by atoms with Crippen molar-refractivity contribution in [2.24, 2.45) is 0 Å². The van der Waals surface area contributed by atoms with Gasteiger partial charge in [-0.05, 0) is 47.3 Å². The lowest BCUT2D eigenvalue weighted by Gasteiger charge is -2.15. The average Bonchev–Trinajstić information content (AvgIpc) is 2.81. The van der Waals surface area contributed by atoms with Crippen molar-refractivity contribution in [2.45, 2.75) is 39.3 Å². The van der Waals surface area contributed by atoms with Crippen molar-refractivity contribution < 1.29 is 4.79 Å². The molecule has 0 aliphatic rings. The molecule has 3 nitrogen and oxygen atoms in total. The Balaban J connectivity index is 2.00. The van der Waals surface area contributed by atoms with E-state index in [4.69, 9.17) is 0 Å². The minimum absolute atomic E-state index is 0.0161. The van der Waals surface area contributed by atoms with E-state index in [0.717, 1.165) is 23.9 Å². The maximum atomic E-state index is 12.4. The number of aryl methyl sites for hydroxylation is 1. The third-order valence-corrected chi connectivity index (χ3v) is 3.76. The number of benzene rings is 1. The van der Waals surface area contributed by atoms with Gasteiger partial charge in [-0.1, -0.05) is 37.3 Å². The van der Waals surface area contributed by atoms with Gasteiger partial charge in [-0.3, -0.25) is 4.79 Å². The molecule has 1 atom stereocenters. The summed E-state index contributed by atoms with van der Waals surface area (Å²) in [6.45, 7) is 4.99. The number of nitrogens with zero attached hydrogens (tertiary/aromatic N) is 1. The maximum Gasteiger partial charge on any atom is 0.268 e. The Labute approximate surface area is 134 Å². The minimum Gasteiger partial charge on any atom is -0.348 e. The fourth-order valence-electron chi connectivity index (χ4n) is 2.41. The van der Waals surface area contributed by atoms with E-state index in [1.54, 1.807) is 0 Å². The average molecular weight is 349 g/mol. The van der Waals surface area contributed by atoms with Crippen LogP contribution < -0.4 is 5.32 Å². The first kappa shape index (κ1) is 15.8. The first-order chi connectivity index (χ1) is 10.1. The molecule has 112 valence electrons. The van der Waals surface area contributed by atoms with Crippen molar-refractivity contribution in [1.82, 2.24) is 9.88 Å². The molecule has 0 aliphatic carbocycles. The van der Waals surface area contributed by atoms with Gasteiger partial charge in [-0.2, -0.15) is 0 Å². The third-order valence-electron chi connectivity index (χ3n) is 3.32. The van der Waals surface area contributed by atoms with Gasteiger partial charge < -0.3 is 9.88 Å². The van der Waals surface area contributed by atoms with Crippen LogP contribution in [0.3, 0.4) is 0 Å². The molecular formula is C17H21BrN2O. The summed E-state index contributed by atoms with van der Waals surface area (Å²) in [7, 11) is 0. The van der Waals surface area contributed by atoms with Gasteiger partial charge >= 0.3 is 0 Å². The highest BCUT2D eigenvalue weighted by molar-refractivity contribution is 9.10. The summed E-state index contributed by atoms with van der Waals surface area (Å²) in [5.41, 5.74) is 1.94. The number of carbonyl (C=O) groups is 1. The second-order valence-electron chi connectivity index (χ2n) is 5.30. The van der Waals surface area contributed by atoms with Gasteiger partial charge in [0.1, 0.15) is 5.69 Å². The SMILES string of the molecule is CCCn1cc(Br)cc1C(=O)NC(C)Cc1ccccc1. The highest BCUT2D eigenvalue weighted by Gasteiger charge is 2.15. The molecule has 1 unspecified atom stereocenters. The summed E-state index contributed by atoms with van der Waals surface area (Å²) in [6.07, 6.45) is 3.80. The molecule has 1 aromatic heterocycles. The smallest absolute Gasteiger partial charge is 0.268 e. The standard InChI is InChI=1S/C17H21BrN2O/c1-3-9-20-12-15(18)11-16(20)17(21)19-13(2)10-14-7-5-4-6-8-14/h4-8,11-13H,3,9-10H2,1-2H3,(H,19,21). The molecule has 0 aliphatic heterocycles. The van der Waals surface area contributed by atoms with Gasteiger partial charge in [-0.25, -0.2) is 0 Å². The molecule has 1 N–H and O–H groups in total. The second-order valence-corrected chi connectivity index (χ2v) is 6.22. The molecule has 21 heavy (non-hydrogen) atoms. The first-order valence-corrected chi connectivity index (χ1v) is 8.10. The summed E-state index contributed by atoms with van der Waals surface area (Å²) >= 11 is 3.44. The monoisotopic (exact) mass is 348 g/mol. The number of aromatic nitrogens is 1. The van der Waals surface area contributed by atoms with Crippen molar-refractivity contribution in [2.75, 3.05) is 0 Å².